The molecule has 0 fully saturated rings. The lowest BCUT2D eigenvalue weighted by atomic mass is 10.3. The Kier molecular flexibility index (Phi) is 12.9. The largest absolute Gasteiger partial charge is 0.357 e. The van der Waals surface area contributed by atoms with Crippen LogP contribution in [0.3, 0.4) is 0 Å². The van der Waals surface area contributed by atoms with Crippen molar-refractivity contribution in [1.82, 2.24) is 16.0 Å². The van der Waals surface area contributed by atoms with E-state index in [1.54, 1.807) is 0 Å². The molecule has 19 heavy (non-hydrogen) atoms. The topological polar surface area (TPSA) is 65.5 Å². The average Bonchev–Trinajstić information content (AvgIpc) is 2.42. The lowest BCUT2D eigenvalue weighted by molar-refractivity contribution is -0.119. The number of hydrogen-bond donors (Lipinski definition) is 3. The van der Waals surface area contributed by atoms with Crippen LogP contribution in [-0.2, 0) is 4.79 Å². The molecule has 0 bridgehead atoms. The van der Waals surface area contributed by atoms with Crippen molar-refractivity contribution in [1.29, 1.82) is 0 Å². The number of nitrogens with zero attached hydrogens (tertiary/aromatic N) is 1. The molecule has 0 rings (SSSR count). The molecule has 0 saturated heterocycles. The van der Waals surface area contributed by atoms with Crippen molar-refractivity contribution in [2.24, 2.45) is 4.99 Å². The Morgan fingerprint density at radius 1 is 1.11 bits per heavy atom. The maximum absolute atomic E-state index is 11.4. The van der Waals surface area contributed by atoms with Crippen LogP contribution in [0.5, 0.6) is 0 Å². The smallest absolute Gasteiger partial charge is 0.241 e. The molecular weight excluding hydrogens is 260 g/mol. The van der Waals surface area contributed by atoms with Crippen LogP contribution in [-0.4, -0.2) is 50.1 Å². The van der Waals surface area contributed by atoms with Gasteiger partial charge in [0.25, 0.3) is 0 Å². The van der Waals surface area contributed by atoms with Gasteiger partial charge in [0.15, 0.2) is 5.96 Å². The lowest BCUT2D eigenvalue weighted by Gasteiger charge is -2.11. The summed E-state index contributed by atoms with van der Waals surface area (Å²) in [5.41, 5.74) is 0. The molecule has 0 aromatic heterocycles. The average molecular weight is 288 g/mol. The van der Waals surface area contributed by atoms with Crippen LogP contribution in [0.2, 0.25) is 0 Å². The van der Waals surface area contributed by atoms with Gasteiger partial charge in [-0.25, -0.2) is 4.99 Å². The molecule has 1 amide bonds. The van der Waals surface area contributed by atoms with Crippen molar-refractivity contribution < 1.29 is 4.79 Å². The highest BCUT2D eigenvalue weighted by atomic mass is 32.2. The SMILES string of the molecule is CCCNC(=O)CN=C(NCC)NCCCCSC. The molecule has 0 heterocycles. The Hall–Kier alpha value is -0.910. The van der Waals surface area contributed by atoms with Gasteiger partial charge in [-0.2, -0.15) is 11.8 Å². The number of hydrogen-bond acceptors (Lipinski definition) is 3. The summed E-state index contributed by atoms with van der Waals surface area (Å²) < 4.78 is 0. The predicted molar refractivity (Wildman–Crippen MR) is 84.9 cm³/mol. The number of nitrogens with one attached hydrogen (secondary N) is 3. The number of guanidine groups is 1. The van der Waals surface area contributed by atoms with E-state index in [9.17, 15) is 4.79 Å². The van der Waals surface area contributed by atoms with Gasteiger partial charge < -0.3 is 16.0 Å². The van der Waals surface area contributed by atoms with Crippen LogP contribution in [0.25, 0.3) is 0 Å². The number of thioether (sulfide) groups is 1. The van der Waals surface area contributed by atoms with Gasteiger partial charge in [0.05, 0.1) is 0 Å². The van der Waals surface area contributed by atoms with E-state index in [1.807, 2.05) is 25.6 Å². The first-order valence-corrected chi connectivity index (χ1v) is 8.41. The molecule has 0 atom stereocenters. The van der Waals surface area contributed by atoms with Crippen LogP contribution < -0.4 is 16.0 Å². The molecule has 3 N–H and O–H groups in total. The van der Waals surface area contributed by atoms with Gasteiger partial charge in [-0.3, -0.25) is 4.79 Å². The van der Waals surface area contributed by atoms with Crippen molar-refractivity contribution in [2.45, 2.75) is 33.1 Å². The third-order valence-corrected chi connectivity index (χ3v) is 3.06. The van der Waals surface area contributed by atoms with Crippen LogP contribution in [0.1, 0.15) is 33.1 Å². The fraction of sp³-hybridized carbons (Fsp3) is 0.846. The highest BCUT2D eigenvalue weighted by Crippen LogP contribution is 1.97. The van der Waals surface area contributed by atoms with E-state index in [2.05, 4.69) is 27.2 Å². The number of unbranched alkanes of at least 4 members (excludes halogenated alkanes) is 1. The van der Waals surface area contributed by atoms with Gasteiger partial charge in [-0.15, -0.1) is 0 Å². The number of aliphatic imine (C=N–C) groups is 1. The first kappa shape index (κ1) is 18.1. The molecule has 0 aliphatic heterocycles. The monoisotopic (exact) mass is 288 g/mol. The predicted octanol–water partition coefficient (Wildman–Crippen LogP) is 1.21. The summed E-state index contributed by atoms with van der Waals surface area (Å²) in [7, 11) is 0. The third-order valence-electron chi connectivity index (χ3n) is 2.36. The van der Waals surface area contributed by atoms with E-state index in [0.29, 0.717) is 6.54 Å². The van der Waals surface area contributed by atoms with E-state index in [-0.39, 0.29) is 12.5 Å². The Morgan fingerprint density at radius 3 is 2.53 bits per heavy atom. The van der Waals surface area contributed by atoms with E-state index in [4.69, 9.17) is 0 Å². The minimum absolute atomic E-state index is 0.0264. The van der Waals surface area contributed by atoms with Crippen molar-refractivity contribution >= 4 is 23.6 Å². The van der Waals surface area contributed by atoms with Crippen molar-refractivity contribution in [3.8, 4) is 0 Å². The fourth-order valence-corrected chi connectivity index (χ4v) is 1.88. The molecule has 0 saturated carbocycles. The summed E-state index contributed by atoms with van der Waals surface area (Å²) in [4.78, 5) is 15.7. The van der Waals surface area contributed by atoms with Gasteiger partial charge in [-0.05, 0) is 38.2 Å². The standard InChI is InChI=1S/C13H28N4OS/c1-4-8-15-12(18)11-17-13(14-5-2)16-9-6-7-10-19-3/h4-11H2,1-3H3,(H,15,18)(H2,14,16,17). The molecule has 0 aromatic rings. The van der Waals surface area contributed by atoms with Gasteiger partial charge in [-0.1, -0.05) is 6.92 Å². The van der Waals surface area contributed by atoms with Crippen molar-refractivity contribution in [2.75, 3.05) is 38.2 Å². The van der Waals surface area contributed by atoms with Gasteiger partial charge in [0.2, 0.25) is 5.91 Å². The van der Waals surface area contributed by atoms with Crippen LogP contribution in [0, 0.1) is 0 Å². The molecule has 5 nitrogen and oxygen atoms in total. The maximum Gasteiger partial charge on any atom is 0.241 e. The third kappa shape index (κ3) is 11.9. The first-order chi connectivity index (χ1) is 9.24. The maximum atomic E-state index is 11.4. The molecule has 0 aliphatic rings. The number of carbonyl (C=O) groups excluding carboxylic acids is 1. The molecular formula is C13H28N4OS. The summed E-state index contributed by atoms with van der Waals surface area (Å²) >= 11 is 1.87. The van der Waals surface area contributed by atoms with Crippen LogP contribution in [0.15, 0.2) is 4.99 Å². The summed E-state index contributed by atoms with van der Waals surface area (Å²) in [6.07, 6.45) is 5.38. The van der Waals surface area contributed by atoms with Crippen LogP contribution >= 0.6 is 11.8 Å². The minimum atomic E-state index is -0.0264. The van der Waals surface area contributed by atoms with E-state index >= 15 is 0 Å². The van der Waals surface area contributed by atoms with Gasteiger partial charge >= 0.3 is 0 Å². The summed E-state index contributed by atoms with van der Waals surface area (Å²) in [5, 5.41) is 9.19. The van der Waals surface area contributed by atoms with Gasteiger partial charge in [0.1, 0.15) is 6.54 Å². The Bertz CT molecular complexity index is 259. The molecule has 0 aromatic carbocycles. The van der Waals surface area contributed by atoms with E-state index in [0.717, 1.165) is 31.9 Å². The Labute approximate surface area is 121 Å². The second-order valence-electron chi connectivity index (χ2n) is 4.17. The molecule has 0 unspecified atom stereocenters. The quantitative estimate of drug-likeness (QED) is 0.321. The zero-order valence-corrected chi connectivity index (χ0v) is 13.2. The number of carbonyl (C=O) groups is 1. The zero-order chi connectivity index (χ0) is 14.3. The minimum Gasteiger partial charge on any atom is -0.357 e. The summed E-state index contributed by atoms with van der Waals surface area (Å²) in [6.45, 7) is 6.63. The normalized spacial score (nSPS) is 11.2. The molecule has 6 heteroatoms. The first-order valence-electron chi connectivity index (χ1n) is 7.02. The summed E-state index contributed by atoms with van der Waals surface area (Å²) in [6, 6.07) is 0. The van der Waals surface area contributed by atoms with E-state index < -0.39 is 0 Å². The van der Waals surface area contributed by atoms with Crippen LogP contribution in [0.4, 0.5) is 0 Å². The fourth-order valence-electron chi connectivity index (χ4n) is 1.39. The second-order valence-corrected chi connectivity index (χ2v) is 5.16. The molecule has 112 valence electrons. The second kappa shape index (κ2) is 13.5. The number of amides is 1. The highest BCUT2D eigenvalue weighted by Gasteiger charge is 2.00. The molecule has 0 radical (unpaired) electrons. The van der Waals surface area contributed by atoms with E-state index in [1.165, 1.54) is 12.2 Å². The molecule has 0 aliphatic carbocycles. The van der Waals surface area contributed by atoms with Crippen molar-refractivity contribution in [3.05, 3.63) is 0 Å². The highest BCUT2D eigenvalue weighted by molar-refractivity contribution is 7.98. The van der Waals surface area contributed by atoms with Gasteiger partial charge in [0, 0.05) is 19.6 Å². The Morgan fingerprint density at radius 2 is 1.89 bits per heavy atom. The zero-order valence-electron chi connectivity index (χ0n) is 12.4. The number of rotatable bonds is 10. The summed E-state index contributed by atoms with van der Waals surface area (Å²) in [5.74, 6) is 1.88. The van der Waals surface area contributed by atoms with Crippen molar-refractivity contribution in [3.63, 3.8) is 0 Å². The molecule has 0 spiro atoms. The lowest BCUT2D eigenvalue weighted by Crippen LogP contribution is -2.39. The Balaban J connectivity index is 3.90.